The molecule has 1 fully saturated rings. The first-order valence-electron chi connectivity index (χ1n) is 6.70. The van der Waals surface area contributed by atoms with E-state index in [4.69, 9.17) is 0 Å². The lowest BCUT2D eigenvalue weighted by Crippen LogP contribution is -2.24. The van der Waals surface area contributed by atoms with Crippen LogP contribution in [0.3, 0.4) is 0 Å². The average molecular weight is 306 g/mol. The van der Waals surface area contributed by atoms with Crippen LogP contribution >= 0.6 is 0 Å². The first-order valence-corrected chi connectivity index (χ1v) is 8.31. The Kier molecular flexibility index (Phi) is 4.80. The number of sulfonamides is 1. The van der Waals surface area contributed by atoms with Crippen LogP contribution in [0, 0.1) is 0 Å². The van der Waals surface area contributed by atoms with Crippen molar-refractivity contribution in [2.24, 2.45) is 0 Å². The average Bonchev–Trinajstić information content (AvgIpc) is 2.83. The molecule has 1 amide bonds. The van der Waals surface area contributed by atoms with Crippen molar-refractivity contribution in [1.29, 1.82) is 0 Å². The SMILES string of the molecule is C=CCNC(=O)/C=C/c1ccc(N2CCCS2(=O)=O)cc1. The highest BCUT2D eigenvalue weighted by Crippen LogP contribution is 2.24. The Morgan fingerprint density at radius 3 is 2.62 bits per heavy atom. The molecule has 1 saturated heterocycles. The minimum Gasteiger partial charge on any atom is -0.349 e. The van der Waals surface area contributed by atoms with Gasteiger partial charge in [0.1, 0.15) is 0 Å². The molecular weight excluding hydrogens is 288 g/mol. The molecule has 112 valence electrons. The summed E-state index contributed by atoms with van der Waals surface area (Å²) in [6.45, 7) is 4.47. The van der Waals surface area contributed by atoms with E-state index >= 15 is 0 Å². The maximum Gasteiger partial charge on any atom is 0.244 e. The van der Waals surface area contributed by atoms with Gasteiger partial charge in [-0.15, -0.1) is 6.58 Å². The van der Waals surface area contributed by atoms with E-state index in [1.807, 2.05) is 0 Å². The number of carbonyl (C=O) groups is 1. The van der Waals surface area contributed by atoms with Gasteiger partial charge in [-0.3, -0.25) is 9.10 Å². The van der Waals surface area contributed by atoms with Crippen LogP contribution in [0.1, 0.15) is 12.0 Å². The number of nitrogens with one attached hydrogen (secondary N) is 1. The van der Waals surface area contributed by atoms with Crippen molar-refractivity contribution in [2.75, 3.05) is 23.1 Å². The molecule has 1 aliphatic heterocycles. The van der Waals surface area contributed by atoms with Crippen molar-refractivity contribution >= 4 is 27.7 Å². The molecule has 0 spiro atoms. The Hall–Kier alpha value is -2.08. The number of hydrogen-bond donors (Lipinski definition) is 1. The third-order valence-corrected chi connectivity index (χ3v) is 5.00. The number of carbonyl (C=O) groups excluding carboxylic acids is 1. The Morgan fingerprint density at radius 1 is 1.33 bits per heavy atom. The van der Waals surface area contributed by atoms with E-state index in [9.17, 15) is 13.2 Å². The van der Waals surface area contributed by atoms with E-state index < -0.39 is 10.0 Å². The zero-order valence-electron chi connectivity index (χ0n) is 11.7. The second-order valence-electron chi connectivity index (χ2n) is 4.70. The summed E-state index contributed by atoms with van der Waals surface area (Å²) in [6, 6.07) is 7.09. The predicted molar refractivity (Wildman–Crippen MR) is 84.4 cm³/mol. The fraction of sp³-hybridized carbons (Fsp3) is 0.267. The third kappa shape index (κ3) is 3.95. The van der Waals surface area contributed by atoms with Crippen LogP contribution in [0.25, 0.3) is 6.08 Å². The van der Waals surface area contributed by atoms with Gasteiger partial charge < -0.3 is 5.32 Å². The second kappa shape index (κ2) is 6.58. The largest absolute Gasteiger partial charge is 0.349 e. The van der Waals surface area contributed by atoms with Crippen LogP contribution in [0.4, 0.5) is 5.69 Å². The quantitative estimate of drug-likeness (QED) is 0.663. The molecule has 0 radical (unpaired) electrons. The monoisotopic (exact) mass is 306 g/mol. The summed E-state index contributed by atoms with van der Waals surface area (Å²) in [6.07, 6.45) is 5.39. The summed E-state index contributed by atoms with van der Waals surface area (Å²) in [5.41, 5.74) is 1.50. The molecule has 0 aliphatic carbocycles. The molecule has 1 heterocycles. The molecule has 0 bridgehead atoms. The highest BCUT2D eigenvalue weighted by Gasteiger charge is 2.28. The van der Waals surface area contributed by atoms with Crippen LogP contribution in [-0.4, -0.2) is 33.2 Å². The van der Waals surface area contributed by atoms with E-state index in [-0.39, 0.29) is 11.7 Å². The molecule has 0 saturated carbocycles. The minimum atomic E-state index is -3.15. The van der Waals surface area contributed by atoms with Crippen molar-refractivity contribution in [1.82, 2.24) is 5.32 Å². The molecule has 1 aromatic rings. The van der Waals surface area contributed by atoms with Gasteiger partial charge in [-0.1, -0.05) is 18.2 Å². The normalized spacial score (nSPS) is 17.0. The van der Waals surface area contributed by atoms with E-state index in [2.05, 4.69) is 11.9 Å². The molecule has 21 heavy (non-hydrogen) atoms. The Balaban J connectivity index is 2.04. The van der Waals surface area contributed by atoms with Crippen LogP contribution in [-0.2, 0) is 14.8 Å². The summed E-state index contributed by atoms with van der Waals surface area (Å²) < 4.78 is 25.1. The molecular formula is C15H18N2O3S. The minimum absolute atomic E-state index is 0.193. The van der Waals surface area contributed by atoms with Crippen LogP contribution in [0.15, 0.2) is 43.0 Å². The molecule has 0 aromatic heterocycles. The molecule has 1 N–H and O–H groups in total. The number of benzene rings is 1. The molecule has 1 aliphatic rings. The van der Waals surface area contributed by atoms with Gasteiger partial charge in [-0.2, -0.15) is 0 Å². The molecule has 0 unspecified atom stereocenters. The van der Waals surface area contributed by atoms with E-state index in [0.717, 1.165) is 5.56 Å². The van der Waals surface area contributed by atoms with E-state index in [0.29, 0.717) is 25.2 Å². The van der Waals surface area contributed by atoms with Crippen molar-refractivity contribution in [2.45, 2.75) is 6.42 Å². The fourth-order valence-corrected chi connectivity index (χ4v) is 3.65. The molecule has 2 rings (SSSR count). The summed E-state index contributed by atoms with van der Waals surface area (Å²) in [5.74, 6) is 0.0130. The highest BCUT2D eigenvalue weighted by atomic mass is 32.2. The maximum atomic E-state index is 11.8. The van der Waals surface area contributed by atoms with Gasteiger partial charge in [0.2, 0.25) is 15.9 Å². The van der Waals surface area contributed by atoms with Crippen molar-refractivity contribution < 1.29 is 13.2 Å². The Bertz CT molecular complexity index is 648. The number of amides is 1. The molecule has 6 heteroatoms. The van der Waals surface area contributed by atoms with Crippen LogP contribution < -0.4 is 9.62 Å². The van der Waals surface area contributed by atoms with Crippen molar-refractivity contribution in [3.63, 3.8) is 0 Å². The smallest absolute Gasteiger partial charge is 0.244 e. The Labute approximate surface area is 125 Å². The zero-order valence-corrected chi connectivity index (χ0v) is 12.5. The van der Waals surface area contributed by atoms with Crippen molar-refractivity contribution in [3.8, 4) is 0 Å². The van der Waals surface area contributed by atoms with Gasteiger partial charge in [-0.25, -0.2) is 8.42 Å². The first-order chi connectivity index (χ1) is 10.0. The number of rotatable bonds is 5. The molecule has 1 aromatic carbocycles. The summed E-state index contributed by atoms with van der Waals surface area (Å²) in [4.78, 5) is 11.4. The summed E-state index contributed by atoms with van der Waals surface area (Å²) >= 11 is 0. The number of nitrogens with zero attached hydrogens (tertiary/aromatic N) is 1. The van der Waals surface area contributed by atoms with Crippen molar-refractivity contribution in [3.05, 3.63) is 48.6 Å². The third-order valence-electron chi connectivity index (χ3n) is 3.13. The van der Waals surface area contributed by atoms with Gasteiger partial charge in [-0.05, 0) is 30.2 Å². The molecule has 5 nitrogen and oxygen atoms in total. The highest BCUT2D eigenvalue weighted by molar-refractivity contribution is 7.93. The van der Waals surface area contributed by atoms with E-state index in [1.165, 1.54) is 10.4 Å². The van der Waals surface area contributed by atoms with Gasteiger partial charge >= 0.3 is 0 Å². The maximum absolute atomic E-state index is 11.8. The standard InChI is InChI=1S/C15H18N2O3S/c1-2-10-16-15(18)9-6-13-4-7-14(8-5-13)17-11-3-12-21(17,19)20/h2,4-9H,1,3,10-12H2,(H,16,18)/b9-6+. The van der Waals surface area contributed by atoms with Gasteiger partial charge in [0.25, 0.3) is 0 Å². The lowest BCUT2D eigenvalue weighted by atomic mass is 10.2. The fourth-order valence-electron chi connectivity index (χ4n) is 2.08. The van der Waals surface area contributed by atoms with Gasteiger partial charge in [0.05, 0.1) is 11.4 Å². The number of hydrogen-bond acceptors (Lipinski definition) is 3. The second-order valence-corrected chi connectivity index (χ2v) is 6.71. The number of anilines is 1. The first kappa shape index (κ1) is 15.3. The van der Waals surface area contributed by atoms with Gasteiger partial charge in [0, 0.05) is 19.2 Å². The Morgan fingerprint density at radius 2 is 2.05 bits per heavy atom. The van der Waals surface area contributed by atoms with E-state index in [1.54, 1.807) is 36.4 Å². The summed E-state index contributed by atoms with van der Waals surface area (Å²) in [7, 11) is -3.15. The predicted octanol–water partition coefficient (Wildman–Crippen LogP) is 1.54. The lowest BCUT2D eigenvalue weighted by molar-refractivity contribution is -0.116. The van der Waals surface area contributed by atoms with Gasteiger partial charge in [0.15, 0.2) is 0 Å². The topological polar surface area (TPSA) is 66.5 Å². The molecule has 0 atom stereocenters. The summed E-state index contributed by atoms with van der Waals surface area (Å²) in [5, 5.41) is 2.64. The zero-order chi connectivity index (χ0) is 15.3. The lowest BCUT2D eigenvalue weighted by Gasteiger charge is -2.16. The van der Waals surface area contributed by atoms with Crippen LogP contribution in [0.2, 0.25) is 0 Å². The van der Waals surface area contributed by atoms with Crippen LogP contribution in [0.5, 0.6) is 0 Å².